The lowest BCUT2D eigenvalue weighted by Gasteiger charge is -2.39. The van der Waals surface area contributed by atoms with Crippen molar-refractivity contribution in [2.45, 2.75) is 38.1 Å². The molecule has 2 aliphatic rings. The summed E-state index contributed by atoms with van der Waals surface area (Å²) >= 11 is 0. The van der Waals surface area contributed by atoms with E-state index in [0.717, 1.165) is 5.56 Å². The number of carbonyl (C=O) groups excluding carboxylic acids is 2. The minimum atomic E-state index is -0.648. The molecular formula is C16H22N4O4. The third kappa shape index (κ3) is 3.60. The number of benzene rings is 1. The maximum Gasteiger partial charge on any atom is 0.328 e. The molecule has 8 nitrogen and oxygen atoms in total. The third-order valence-corrected chi connectivity index (χ3v) is 4.34. The van der Waals surface area contributed by atoms with Gasteiger partial charge in [-0.3, -0.25) is 5.32 Å². The topological polar surface area (TPSA) is 103 Å². The van der Waals surface area contributed by atoms with Crippen LogP contribution >= 0.6 is 0 Å². The molecule has 1 atom stereocenters. The van der Waals surface area contributed by atoms with Gasteiger partial charge in [-0.25, -0.2) is 14.5 Å². The van der Waals surface area contributed by atoms with E-state index in [1.165, 1.54) is 4.90 Å². The highest BCUT2D eigenvalue weighted by Crippen LogP contribution is 2.19. The average molecular weight is 334 g/mol. The first-order valence-corrected chi connectivity index (χ1v) is 8.07. The Labute approximate surface area is 140 Å². The fraction of sp³-hybridized carbons (Fsp3) is 0.500. The van der Waals surface area contributed by atoms with Crippen molar-refractivity contribution in [2.75, 3.05) is 13.2 Å². The summed E-state index contributed by atoms with van der Waals surface area (Å²) in [7, 11) is 0. The van der Waals surface area contributed by atoms with Crippen LogP contribution in [-0.4, -0.2) is 47.6 Å². The lowest BCUT2D eigenvalue weighted by molar-refractivity contribution is 0.0492. The monoisotopic (exact) mass is 334 g/mol. The molecule has 2 heterocycles. The molecule has 1 unspecified atom stereocenters. The quantitative estimate of drug-likeness (QED) is 0.663. The molecule has 1 aromatic carbocycles. The summed E-state index contributed by atoms with van der Waals surface area (Å²) < 4.78 is 5.27. The van der Waals surface area contributed by atoms with E-state index in [2.05, 4.69) is 16.0 Å². The van der Waals surface area contributed by atoms with E-state index in [4.69, 9.17) is 4.74 Å². The average Bonchev–Trinajstić information content (AvgIpc) is 2.55. The van der Waals surface area contributed by atoms with E-state index in [1.807, 2.05) is 6.92 Å². The number of nitrogens with zero attached hydrogens (tertiary/aromatic N) is 1. The van der Waals surface area contributed by atoms with Crippen LogP contribution in [0, 0.1) is 0 Å². The van der Waals surface area contributed by atoms with Crippen LogP contribution < -0.4 is 16.0 Å². The van der Waals surface area contributed by atoms with Crippen LogP contribution in [-0.2, 0) is 4.74 Å². The number of ether oxygens (including phenoxy) is 1. The predicted octanol–water partition coefficient (Wildman–Crippen LogP) is 1.24. The Kier molecular flexibility index (Phi) is 4.86. The van der Waals surface area contributed by atoms with Gasteiger partial charge in [-0.2, -0.15) is 0 Å². The second-order valence-electron chi connectivity index (χ2n) is 6.03. The van der Waals surface area contributed by atoms with Gasteiger partial charge in [-0.1, -0.05) is 12.1 Å². The molecule has 130 valence electrons. The van der Waals surface area contributed by atoms with Crippen LogP contribution in [0.2, 0.25) is 0 Å². The zero-order chi connectivity index (χ0) is 17.1. The number of nitrogens with one attached hydrogen (secondary N) is 3. The molecular weight excluding hydrogens is 312 g/mol. The van der Waals surface area contributed by atoms with Gasteiger partial charge in [0.15, 0.2) is 6.29 Å². The van der Waals surface area contributed by atoms with Gasteiger partial charge >= 0.3 is 12.1 Å². The molecule has 4 N–H and O–H groups in total. The molecule has 8 heteroatoms. The summed E-state index contributed by atoms with van der Waals surface area (Å²) in [4.78, 5) is 25.9. The molecule has 3 rings (SSSR count). The van der Waals surface area contributed by atoms with Crippen molar-refractivity contribution in [3.63, 3.8) is 0 Å². The third-order valence-electron chi connectivity index (χ3n) is 4.34. The number of hydrogen-bond donors (Lipinski definition) is 4. The number of imide groups is 1. The number of hydrogen-bond acceptors (Lipinski definition) is 5. The Bertz CT molecular complexity index is 583. The van der Waals surface area contributed by atoms with Crippen molar-refractivity contribution in [3.05, 3.63) is 29.8 Å². The SMILES string of the molecule is CC(NC1NC(=O)N(C2CCOCC2)C(=O)N1)c1ccc(O)cc1. The van der Waals surface area contributed by atoms with Crippen LogP contribution in [0.1, 0.15) is 31.4 Å². The number of rotatable bonds is 4. The van der Waals surface area contributed by atoms with Gasteiger partial charge in [-0.05, 0) is 37.5 Å². The number of urea groups is 2. The fourth-order valence-electron chi connectivity index (χ4n) is 2.98. The molecule has 2 fully saturated rings. The Balaban J connectivity index is 1.60. The summed E-state index contributed by atoms with van der Waals surface area (Å²) in [5.41, 5.74) is 0.933. The zero-order valence-corrected chi connectivity index (χ0v) is 13.5. The first-order chi connectivity index (χ1) is 11.5. The van der Waals surface area contributed by atoms with Crippen LogP contribution in [0.5, 0.6) is 5.75 Å². The molecule has 2 saturated heterocycles. The predicted molar refractivity (Wildman–Crippen MR) is 86.2 cm³/mol. The Morgan fingerprint density at radius 2 is 1.75 bits per heavy atom. The van der Waals surface area contributed by atoms with Gasteiger partial charge in [0, 0.05) is 25.3 Å². The van der Waals surface area contributed by atoms with Crippen LogP contribution in [0.15, 0.2) is 24.3 Å². The molecule has 0 aromatic heterocycles. The largest absolute Gasteiger partial charge is 0.508 e. The minimum Gasteiger partial charge on any atom is -0.508 e. The summed E-state index contributed by atoms with van der Waals surface area (Å²) in [5.74, 6) is 0.192. The lowest BCUT2D eigenvalue weighted by Crippen LogP contribution is -2.70. The van der Waals surface area contributed by atoms with Crippen molar-refractivity contribution in [2.24, 2.45) is 0 Å². The van der Waals surface area contributed by atoms with Crippen LogP contribution in [0.4, 0.5) is 9.59 Å². The summed E-state index contributed by atoms with van der Waals surface area (Å²) in [6, 6.07) is 5.71. The van der Waals surface area contributed by atoms with E-state index in [0.29, 0.717) is 26.1 Å². The van der Waals surface area contributed by atoms with Crippen molar-refractivity contribution in [3.8, 4) is 5.75 Å². The van der Waals surface area contributed by atoms with Gasteiger partial charge < -0.3 is 20.5 Å². The second-order valence-corrected chi connectivity index (χ2v) is 6.03. The number of phenolic OH excluding ortho intramolecular Hbond substituents is 1. The standard InChI is InChI=1S/C16H22N4O4/c1-10(11-2-4-13(21)5-3-11)17-14-18-15(22)20(16(23)19-14)12-6-8-24-9-7-12/h2-5,10,12,14,17,21H,6-9H2,1H3,(H,18,22)(H,19,23). The molecule has 0 saturated carbocycles. The van der Waals surface area contributed by atoms with E-state index >= 15 is 0 Å². The molecule has 0 bridgehead atoms. The maximum atomic E-state index is 12.3. The zero-order valence-electron chi connectivity index (χ0n) is 13.5. The highest BCUT2D eigenvalue weighted by molar-refractivity contribution is 5.96. The highest BCUT2D eigenvalue weighted by atomic mass is 16.5. The van der Waals surface area contributed by atoms with E-state index in [1.54, 1.807) is 24.3 Å². The van der Waals surface area contributed by atoms with Gasteiger partial charge in [0.25, 0.3) is 0 Å². The maximum absolute atomic E-state index is 12.3. The van der Waals surface area contributed by atoms with Gasteiger partial charge in [-0.15, -0.1) is 0 Å². The normalized spacial score (nSPS) is 21.3. The molecule has 4 amide bonds. The molecule has 0 spiro atoms. The van der Waals surface area contributed by atoms with Crippen molar-refractivity contribution < 1.29 is 19.4 Å². The smallest absolute Gasteiger partial charge is 0.328 e. The first-order valence-electron chi connectivity index (χ1n) is 8.07. The Morgan fingerprint density at radius 3 is 2.33 bits per heavy atom. The van der Waals surface area contributed by atoms with Crippen molar-refractivity contribution in [1.82, 2.24) is 20.9 Å². The molecule has 0 aliphatic carbocycles. The van der Waals surface area contributed by atoms with Crippen LogP contribution in [0.3, 0.4) is 0 Å². The first kappa shape index (κ1) is 16.5. The highest BCUT2D eigenvalue weighted by Gasteiger charge is 2.37. The van der Waals surface area contributed by atoms with Crippen molar-refractivity contribution >= 4 is 12.1 Å². The fourth-order valence-corrected chi connectivity index (χ4v) is 2.98. The number of phenols is 1. The number of aromatic hydroxyl groups is 1. The van der Waals surface area contributed by atoms with Gasteiger partial charge in [0.05, 0.1) is 0 Å². The number of amides is 4. The Hall–Kier alpha value is -2.32. The summed E-state index contributed by atoms with van der Waals surface area (Å²) in [5, 5.41) is 18.0. The van der Waals surface area contributed by atoms with Crippen LogP contribution in [0.25, 0.3) is 0 Å². The summed E-state index contributed by atoms with van der Waals surface area (Å²) in [6.45, 7) is 3.03. The second kappa shape index (κ2) is 7.06. The minimum absolute atomic E-state index is 0.120. The van der Waals surface area contributed by atoms with Crippen molar-refractivity contribution in [1.29, 1.82) is 0 Å². The molecule has 2 aliphatic heterocycles. The Morgan fingerprint density at radius 1 is 1.17 bits per heavy atom. The van der Waals surface area contributed by atoms with Gasteiger partial charge in [0.1, 0.15) is 5.75 Å². The molecule has 0 radical (unpaired) electrons. The van der Waals surface area contributed by atoms with Gasteiger partial charge in [0.2, 0.25) is 0 Å². The van der Waals surface area contributed by atoms with E-state index in [9.17, 15) is 14.7 Å². The van der Waals surface area contributed by atoms with E-state index in [-0.39, 0.29) is 17.8 Å². The van der Waals surface area contributed by atoms with E-state index < -0.39 is 18.4 Å². The molecule has 24 heavy (non-hydrogen) atoms. The lowest BCUT2D eigenvalue weighted by atomic mass is 10.1. The molecule has 1 aromatic rings. The number of carbonyl (C=O) groups is 2. The summed E-state index contributed by atoms with van der Waals surface area (Å²) in [6.07, 6.45) is 0.663.